The van der Waals surface area contributed by atoms with Gasteiger partial charge in [0.25, 0.3) is 0 Å². The summed E-state index contributed by atoms with van der Waals surface area (Å²) in [4.78, 5) is 14.0. The third-order valence-electron chi connectivity index (χ3n) is 3.56. The lowest BCUT2D eigenvalue weighted by molar-refractivity contribution is -0.101. The van der Waals surface area contributed by atoms with Gasteiger partial charge < -0.3 is 14.4 Å². The van der Waals surface area contributed by atoms with Crippen molar-refractivity contribution in [2.24, 2.45) is 5.92 Å². The van der Waals surface area contributed by atoms with E-state index in [9.17, 15) is 4.79 Å². The normalized spacial score (nSPS) is 24.1. The highest BCUT2D eigenvalue weighted by Gasteiger charge is 2.38. The molecule has 1 saturated heterocycles. The summed E-state index contributed by atoms with van der Waals surface area (Å²) < 4.78 is 11.6. The lowest BCUT2D eigenvalue weighted by atomic mass is 9.90. The second-order valence-corrected chi connectivity index (χ2v) is 7.25. The summed E-state index contributed by atoms with van der Waals surface area (Å²) in [6.45, 7) is 14.3. The monoisotopic (exact) mass is 285 g/mol. The van der Waals surface area contributed by atoms with Crippen molar-refractivity contribution in [3.8, 4) is 0 Å². The SMILES string of the molecule is CCC1(OCC(C)C)CCCN(C(=O)OC(C)(C)C)C1. The first kappa shape index (κ1) is 17.3. The zero-order chi connectivity index (χ0) is 15.4. The second-order valence-electron chi connectivity index (χ2n) is 7.25. The average molecular weight is 285 g/mol. The number of carbonyl (C=O) groups is 1. The van der Waals surface area contributed by atoms with Crippen LogP contribution in [0, 0.1) is 5.92 Å². The molecule has 0 aliphatic carbocycles. The van der Waals surface area contributed by atoms with Gasteiger partial charge in [-0.2, -0.15) is 0 Å². The molecule has 0 aromatic rings. The Balaban J connectivity index is 2.65. The van der Waals surface area contributed by atoms with Crippen molar-refractivity contribution < 1.29 is 14.3 Å². The van der Waals surface area contributed by atoms with E-state index in [4.69, 9.17) is 9.47 Å². The molecule has 0 bridgehead atoms. The molecule has 1 atom stereocenters. The summed E-state index contributed by atoms with van der Waals surface area (Å²) >= 11 is 0. The van der Waals surface area contributed by atoms with Crippen molar-refractivity contribution in [2.75, 3.05) is 19.7 Å². The van der Waals surface area contributed by atoms with Gasteiger partial charge in [0.15, 0.2) is 0 Å². The zero-order valence-corrected chi connectivity index (χ0v) is 14.0. The molecule has 0 saturated carbocycles. The lowest BCUT2D eigenvalue weighted by Gasteiger charge is -2.42. The van der Waals surface area contributed by atoms with E-state index in [1.54, 1.807) is 4.90 Å². The van der Waals surface area contributed by atoms with Crippen LogP contribution in [0.5, 0.6) is 0 Å². The van der Waals surface area contributed by atoms with Gasteiger partial charge in [-0.05, 0) is 46.0 Å². The number of likely N-dealkylation sites (tertiary alicyclic amines) is 1. The summed E-state index contributed by atoms with van der Waals surface area (Å²) in [6, 6.07) is 0. The molecule has 118 valence electrons. The molecule has 20 heavy (non-hydrogen) atoms. The van der Waals surface area contributed by atoms with Crippen LogP contribution in [-0.2, 0) is 9.47 Å². The number of hydrogen-bond donors (Lipinski definition) is 0. The topological polar surface area (TPSA) is 38.8 Å². The first-order chi connectivity index (χ1) is 9.17. The maximum atomic E-state index is 12.2. The minimum atomic E-state index is -0.442. The molecule has 1 amide bonds. The molecule has 0 N–H and O–H groups in total. The third kappa shape index (κ3) is 5.31. The fourth-order valence-electron chi connectivity index (χ4n) is 2.43. The van der Waals surface area contributed by atoms with E-state index >= 15 is 0 Å². The fourth-order valence-corrected chi connectivity index (χ4v) is 2.43. The van der Waals surface area contributed by atoms with Crippen molar-refractivity contribution in [1.29, 1.82) is 0 Å². The van der Waals surface area contributed by atoms with E-state index in [1.165, 1.54) is 0 Å². The van der Waals surface area contributed by atoms with Gasteiger partial charge in [-0.3, -0.25) is 0 Å². The molecular weight excluding hydrogens is 254 g/mol. The van der Waals surface area contributed by atoms with E-state index in [0.717, 1.165) is 32.4 Å². The van der Waals surface area contributed by atoms with Crippen molar-refractivity contribution in [2.45, 2.75) is 72.0 Å². The molecule has 0 spiro atoms. The number of piperidine rings is 1. The smallest absolute Gasteiger partial charge is 0.410 e. The molecule has 1 heterocycles. The van der Waals surface area contributed by atoms with Crippen LogP contribution in [0.15, 0.2) is 0 Å². The Morgan fingerprint density at radius 1 is 1.35 bits per heavy atom. The Morgan fingerprint density at radius 2 is 2.00 bits per heavy atom. The number of rotatable bonds is 4. The molecule has 4 heteroatoms. The Hall–Kier alpha value is -0.770. The maximum absolute atomic E-state index is 12.2. The zero-order valence-electron chi connectivity index (χ0n) is 14.0. The molecule has 0 radical (unpaired) electrons. The highest BCUT2D eigenvalue weighted by Crippen LogP contribution is 2.30. The van der Waals surface area contributed by atoms with Crippen LogP contribution in [0.1, 0.15) is 60.8 Å². The largest absolute Gasteiger partial charge is 0.444 e. The molecule has 1 aliphatic rings. The van der Waals surface area contributed by atoms with Crippen molar-refractivity contribution in [1.82, 2.24) is 4.90 Å². The van der Waals surface area contributed by atoms with Gasteiger partial charge in [0.2, 0.25) is 0 Å². The lowest BCUT2D eigenvalue weighted by Crippen LogP contribution is -2.52. The predicted octanol–water partition coefficient (Wildman–Crippen LogP) is 3.84. The maximum Gasteiger partial charge on any atom is 0.410 e. The summed E-state index contributed by atoms with van der Waals surface area (Å²) in [5, 5.41) is 0. The second kappa shape index (κ2) is 6.79. The van der Waals surface area contributed by atoms with Gasteiger partial charge in [-0.1, -0.05) is 20.8 Å². The number of amides is 1. The Morgan fingerprint density at radius 3 is 2.50 bits per heavy atom. The molecule has 1 rings (SSSR count). The number of ether oxygens (including phenoxy) is 2. The molecular formula is C16H31NO3. The van der Waals surface area contributed by atoms with Gasteiger partial charge in [0.1, 0.15) is 5.60 Å². The Bertz CT molecular complexity index is 322. The number of hydrogen-bond acceptors (Lipinski definition) is 3. The number of nitrogens with zero attached hydrogens (tertiary/aromatic N) is 1. The average Bonchev–Trinajstić information content (AvgIpc) is 2.34. The van der Waals surface area contributed by atoms with Crippen molar-refractivity contribution in [3.05, 3.63) is 0 Å². The first-order valence-electron chi connectivity index (χ1n) is 7.79. The van der Waals surface area contributed by atoms with Crippen molar-refractivity contribution >= 4 is 6.09 Å². The molecule has 1 unspecified atom stereocenters. The minimum Gasteiger partial charge on any atom is -0.444 e. The van der Waals surface area contributed by atoms with Crippen LogP contribution < -0.4 is 0 Å². The molecule has 1 aliphatic heterocycles. The fraction of sp³-hybridized carbons (Fsp3) is 0.938. The van der Waals surface area contributed by atoms with Gasteiger partial charge >= 0.3 is 6.09 Å². The quantitative estimate of drug-likeness (QED) is 0.787. The van der Waals surface area contributed by atoms with Gasteiger partial charge in [-0.15, -0.1) is 0 Å². The third-order valence-corrected chi connectivity index (χ3v) is 3.56. The number of carbonyl (C=O) groups excluding carboxylic acids is 1. The Kier molecular flexibility index (Phi) is 5.87. The van der Waals surface area contributed by atoms with Gasteiger partial charge in [-0.25, -0.2) is 4.79 Å². The minimum absolute atomic E-state index is 0.195. The standard InChI is InChI=1S/C16H31NO3/c1-7-16(19-11-13(2)3)9-8-10-17(12-16)14(18)20-15(4,5)6/h13H,7-12H2,1-6H3. The predicted molar refractivity (Wildman–Crippen MR) is 80.9 cm³/mol. The summed E-state index contributed by atoms with van der Waals surface area (Å²) in [7, 11) is 0. The molecule has 4 nitrogen and oxygen atoms in total. The highest BCUT2D eigenvalue weighted by molar-refractivity contribution is 5.68. The van der Waals surface area contributed by atoms with Crippen LogP contribution >= 0.6 is 0 Å². The van der Waals surface area contributed by atoms with E-state index in [-0.39, 0.29) is 11.7 Å². The molecule has 0 aromatic carbocycles. The summed E-state index contributed by atoms with van der Waals surface area (Å²) in [6.07, 6.45) is 2.71. The van der Waals surface area contributed by atoms with Crippen LogP contribution in [0.25, 0.3) is 0 Å². The molecule has 1 fully saturated rings. The van der Waals surface area contributed by atoms with E-state index in [1.807, 2.05) is 20.8 Å². The van der Waals surface area contributed by atoms with E-state index < -0.39 is 5.60 Å². The first-order valence-corrected chi connectivity index (χ1v) is 7.79. The van der Waals surface area contributed by atoms with Gasteiger partial charge in [0, 0.05) is 13.2 Å². The highest BCUT2D eigenvalue weighted by atomic mass is 16.6. The van der Waals surface area contributed by atoms with Gasteiger partial charge in [0.05, 0.1) is 12.1 Å². The summed E-state index contributed by atoms with van der Waals surface area (Å²) in [5.41, 5.74) is -0.637. The van der Waals surface area contributed by atoms with Crippen LogP contribution in [0.2, 0.25) is 0 Å². The Labute approximate surface area is 123 Å². The van der Waals surface area contributed by atoms with E-state index in [0.29, 0.717) is 12.5 Å². The van der Waals surface area contributed by atoms with Crippen LogP contribution in [0.3, 0.4) is 0 Å². The van der Waals surface area contributed by atoms with Crippen LogP contribution in [-0.4, -0.2) is 41.9 Å². The van der Waals surface area contributed by atoms with Crippen LogP contribution in [0.4, 0.5) is 4.79 Å². The van der Waals surface area contributed by atoms with E-state index in [2.05, 4.69) is 20.8 Å². The van der Waals surface area contributed by atoms with Crippen molar-refractivity contribution in [3.63, 3.8) is 0 Å². The molecule has 0 aromatic heterocycles. The summed E-state index contributed by atoms with van der Waals surface area (Å²) in [5.74, 6) is 0.510.